The predicted octanol–water partition coefficient (Wildman–Crippen LogP) is 0.436. The molecule has 2 heterocycles. The van der Waals surface area contributed by atoms with E-state index in [-0.39, 0.29) is 18.4 Å². The summed E-state index contributed by atoms with van der Waals surface area (Å²) in [5.41, 5.74) is 1.38. The summed E-state index contributed by atoms with van der Waals surface area (Å²) >= 11 is 8.38. The van der Waals surface area contributed by atoms with Crippen LogP contribution in [0.25, 0.3) is 0 Å². The molecule has 2 saturated heterocycles. The van der Waals surface area contributed by atoms with Crippen LogP contribution in [0.2, 0.25) is 0 Å². The topological polar surface area (TPSA) is 90.4 Å². The average Bonchev–Trinajstić information content (AvgIpc) is 2.95. The minimum absolute atomic E-state index is 0.0628. The molecule has 1 aromatic carbocycles. The Labute approximate surface area is 155 Å². The first-order chi connectivity index (χ1) is 11.8. The molecular formula is C14H17N3O5S3. The normalized spacial score (nSPS) is 24.0. The molecule has 11 heteroatoms. The van der Waals surface area contributed by atoms with Crippen molar-refractivity contribution in [3.8, 4) is 0 Å². The number of amides is 2. The fraction of sp³-hybridized carbons (Fsp3) is 0.429. The summed E-state index contributed by atoms with van der Waals surface area (Å²) in [5.74, 6) is -0.443. The van der Waals surface area contributed by atoms with Gasteiger partial charge in [-0.1, -0.05) is 12.8 Å². The third-order valence-electron chi connectivity index (χ3n) is 4.14. The molecule has 0 aliphatic carbocycles. The fourth-order valence-electron chi connectivity index (χ4n) is 2.89. The first-order valence-corrected chi connectivity index (χ1v) is 10.3. The number of carbonyl (C=O) groups is 2. The first kappa shape index (κ1) is 18.5. The molecule has 2 fully saturated rings. The van der Waals surface area contributed by atoms with E-state index in [1.54, 1.807) is 29.2 Å². The monoisotopic (exact) mass is 403 g/mol. The summed E-state index contributed by atoms with van der Waals surface area (Å²) in [7, 11) is -3.72. The minimum Gasteiger partial charge on any atom is -0.370 e. The van der Waals surface area contributed by atoms with Crippen molar-refractivity contribution in [1.29, 1.82) is 0 Å². The lowest BCUT2D eigenvalue weighted by Crippen LogP contribution is -2.41. The van der Waals surface area contributed by atoms with E-state index < -0.39 is 15.0 Å². The SMILES string of the molecule is O=C1COCCN1c1ccc(N2CCC(N(S)S(=O)(O)=S)C2=O)cc1. The summed E-state index contributed by atoms with van der Waals surface area (Å²) in [5, 5.41) is 0. The van der Waals surface area contributed by atoms with Gasteiger partial charge in [-0.25, -0.2) is 4.21 Å². The third kappa shape index (κ3) is 3.81. The zero-order valence-corrected chi connectivity index (χ0v) is 15.6. The van der Waals surface area contributed by atoms with Crippen LogP contribution >= 0.6 is 12.8 Å². The summed E-state index contributed by atoms with van der Waals surface area (Å²) in [4.78, 5) is 27.5. The van der Waals surface area contributed by atoms with E-state index in [2.05, 4.69) is 24.0 Å². The Morgan fingerprint density at radius 1 is 1.20 bits per heavy atom. The first-order valence-electron chi connectivity index (χ1n) is 7.54. The van der Waals surface area contributed by atoms with Crippen LogP contribution in [0.5, 0.6) is 0 Å². The molecule has 2 amide bonds. The summed E-state index contributed by atoms with van der Waals surface area (Å²) < 4.78 is 26.8. The zero-order chi connectivity index (χ0) is 18.2. The van der Waals surface area contributed by atoms with E-state index in [9.17, 15) is 18.4 Å². The Hall–Kier alpha value is -1.24. The number of nitrogens with zero attached hydrogens (tertiary/aromatic N) is 3. The second kappa shape index (κ2) is 7.17. The number of thiol groups is 1. The van der Waals surface area contributed by atoms with Crippen LogP contribution in [-0.2, 0) is 34.5 Å². The van der Waals surface area contributed by atoms with Crippen molar-refractivity contribution >= 4 is 56.2 Å². The Balaban J connectivity index is 1.75. The molecule has 1 aromatic rings. The van der Waals surface area contributed by atoms with Crippen molar-refractivity contribution < 1.29 is 23.1 Å². The molecule has 1 N–H and O–H groups in total. The van der Waals surface area contributed by atoms with Crippen LogP contribution < -0.4 is 9.80 Å². The van der Waals surface area contributed by atoms with Gasteiger partial charge in [0.1, 0.15) is 12.6 Å². The lowest BCUT2D eigenvalue weighted by molar-refractivity contribution is -0.125. The van der Waals surface area contributed by atoms with Crippen LogP contribution in [-0.4, -0.2) is 56.6 Å². The summed E-state index contributed by atoms with van der Waals surface area (Å²) in [6.07, 6.45) is 0.347. The number of hydrogen-bond acceptors (Lipinski definition) is 6. The molecule has 0 spiro atoms. The minimum atomic E-state index is -3.72. The van der Waals surface area contributed by atoms with Gasteiger partial charge in [-0.15, -0.1) is 3.71 Å². The van der Waals surface area contributed by atoms with E-state index in [1.807, 2.05) is 0 Å². The molecule has 0 saturated carbocycles. The van der Waals surface area contributed by atoms with E-state index in [0.29, 0.717) is 31.8 Å². The van der Waals surface area contributed by atoms with Crippen LogP contribution in [0.3, 0.4) is 0 Å². The molecule has 2 aliphatic heterocycles. The van der Waals surface area contributed by atoms with Gasteiger partial charge in [0.15, 0.2) is 0 Å². The molecule has 0 aromatic heterocycles. The standard InChI is InChI=1S/C14H17N3O5S3/c18-13-9-22-8-7-15(13)10-1-3-11(4-2-10)16-6-5-12(14(16)19)17(23)25(20,21)24/h1-4,12,23H,5-9H2,(H,20,21,24). The van der Waals surface area contributed by atoms with Gasteiger partial charge in [0.2, 0.25) is 14.9 Å². The molecule has 0 bridgehead atoms. The van der Waals surface area contributed by atoms with Crippen LogP contribution in [0.15, 0.2) is 24.3 Å². The third-order valence-corrected chi connectivity index (χ3v) is 6.62. The Morgan fingerprint density at radius 2 is 1.80 bits per heavy atom. The lowest BCUT2D eigenvalue weighted by Gasteiger charge is -2.27. The van der Waals surface area contributed by atoms with Crippen molar-refractivity contribution in [2.45, 2.75) is 12.5 Å². The van der Waals surface area contributed by atoms with Crippen molar-refractivity contribution in [2.24, 2.45) is 0 Å². The highest BCUT2D eigenvalue weighted by Gasteiger charge is 2.39. The fourth-order valence-corrected chi connectivity index (χ4v) is 3.93. The summed E-state index contributed by atoms with van der Waals surface area (Å²) in [6.45, 7) is 1.43. The molecule has 2 aliphatic rings. The van der Waals surface area contributed by atoms with Gasteiger partial charge in [0.05, 0.1) is 6.61 Å². The lowest BCUT2D eigenvalue weighted by atomic mass is 10.2. The van der Waals surface area contributed by atoms with Gasteiger partial charge >= 0.3 is 0 Å². The number of ether oxygens (including phenoxy) is 1. The van der Waals surface area contributed by atoms with Gasteiger partial charge < -0.3 is 14.5 Å². The molecule has 2 unspecified atom stereocenters. The Kier molecular flexibility index (Phi) is 5.32. The highest BCUT2D eigenvalue weighted by atomic mass is 32.9. The second-order valence-corrected chi connectivity index (χ2v) is 8.95. The molecule has 136 valence electrons. The average molecular weight is 404 g/mol. The largest absolute Gasteiger partial charge is 0.370 e. The smallest absolute Gasteiger partial charge is 0.253 e. The number of anilines is 2. The highest BCUT2D eigenvalue weighted by Crippen LogP contribution is 2.28. The maximum absolute atomic E-state index is 12.5. The number of carbonyl (C=O) groups excluding carboxylic acids is 2. The van der Waals surface area contributed by atoms with Gasteiger partial charge in [-0.05, 0) is 30.7 Å². The van der Waals surface area contributed by atoms with Gasteiger partial charge in [0.25, 0.3) is 5.91 Å². The Bertz CT molecular complexity index is 783. The number of hydrogen-bond donors (Lipinski definition) is 2. The van der Waals surface area contributed by atoms with Crippen molar-refractivity contribution in [1.82, 2.24) is 3.71 Å². The van der Waals surface area contributed by atoms with Crippen molar-refractivity contribution in [3.63, 3.8) is 0 Å². The van der Waals surface area contributed by atoms with E-state index in [4.69, 9.17) is 4.74 Å². The number of morpholine rings is 1. The van der Waals surface area contributed by atoms with E-state index in [0.717, 1.165) is 9.40 Å². The molecule has 3 rings (SSSR count). The molecule has 25 heavy (non-hydrogen) atoms. The summed E-state index contributed by atoms with van der Waals surface area (Å²) in [6, 6.07) is 6.16. The van der Waals surface area contributed by atoms with Crippen molar-refractivity contribution in [3.05, 3.63) is 24.3 Å². The highest BCUT2D eigenvalue weighted by molar-refractivity contribution is 8.30. The molecular weight excluding hydrogens is 386 g/mol. The maximum Gasteiger partial charge on any atom is 0.253 e. The number of benzene rings is 1. The van der Waals surface area contributed by atoms with Crippen LogP contribution in [0.4, 0.5) is 11.4 Å². The van der Waals surface area contributed by atoms with Gasteiger partial charge in [0, 0.05) is 35.7 Å². The van der Waals surface area contributed by atoms with Gasteiger partial charge in [-0.3, -0.25) is 14.1 Å². The Morgan fingerprint density at radius 3 is 2.36 bits per heavy atom. The molecule has 8 nitrogen and oxygen atoms in total. The molecule has 0 radical (unpaired) electrons. The van der Waals surface area contributed by atoms with E-state index >= 15 is 0 Å². The quantitative estimate of drug-likeness (QED) is 0.709. The van der Waals surface area contributed by atoms with Crippen molar-refractivity contribution in [2.75, 3.05) is 36.1 Å². The molecule has 2 atom stereocenters. The maximum atomic E-state index is 12.5. The predicted molar refractivity (Wildman–Crippen MR) is 99.3 cm³/mol. The number of rotatable bonds is 4. The zero-order valence-electron chi connectivity index (χ0n) is 13.1. The second-order valence-electron chi connectivity index (χ2n) is 5.66. The van der Waals surface area contributed by atoms with E-state index in [1.165, 1.54) is 4.90 Å². The van der Waals surface area contributed by atoms with Gasteiger partial charge in [-0.2, -0.15) is 0 Å². The van der Waals surface area contributed by atoms with Crippen LogP contribution in [0.1, 0.15) is 6.42 Å². The van der Waals surface area contributed by atoms with Crippen LogP contribution in [0, 0.1) is 0 Å².